The summed E-state index contributed by atoms with van der Waals surface area (Å²) in [5.74, 6) is 0.251. The molecule has 108 valence electrons. The van der Waals surface area contributed by atoms with E-state index in [-0.39, 0.29) is 21.2 Å². The number of rotatable bonds is 3. The SMILES string of the molecule is CC1CCCN(S(=O)(=O)c2cc(Cl)sc2Cl)C1CN. The van der Waals surface area contributed by atoms with E-state index >= 15 is 0 Å². The molecule has 0 aliphatic carbocycles. The third kappa shape index (κ3) is 2.94. The lowest BCUT2D eigenvalue weighted by molar-refractivity contribution is 0.192. The molecule has 0 bridgehead atoms. The molecule has 1 fully saturated rings. The lowest BCUT2D eigenvalue weighted by Crippen LogP contribution is -2.51. The van der Waals surface area contributed by atoms with Crippen molar-refractivity contribution < 1.29 is 8.42 Å². The van der Waals surface area contributed by atoms with Crippen LogP contribution in [0.15, 0.2) is 11.0 Å². The Morgan fingerprint density at radius 3 is 2.74 bits per heavy atom. The zero-order valence-electron chi connectivity index (χ0n) is 10.5. The molecule has 0 amide bonds. The van der Waals surface area contributed by atoms with Gasteiger partial charge >= 0.3 is 0 Å². The van der Waals surface area contributed by atoms with Crippen molar-refractivity contribution in [3.8, 4) is 0 Å². The number of piperidine rings is 1. The lowest BCUT2D eigenvalue weighted by atomic mass is 9.93. The molecule has 2 N–H and O–H groups in total. The van der Waals surface area contributed by atoms with Crippen LogP contribution in [0, 0.1) is 5.92 Å². The highest BCUT2D eigenvalue weighted by molar-refractivity contribution is 7.89. The van der Waals surface area contributed by atoms with Gasteiger partial charge in [0.25, 0.3) is 0 Å². The fraction of sp³-hybridized carbons (Fsp3) is 0.636. The Hall–Kier alpha value is 0.150. The van der Waals surface area contributed by atoms with Gasteiger partial charge in [0.1, 0.15) is 9.23 Å². The van der Waals surface area contributed by atoms with Gasteiger partial charge in [-0.05, 0) is 24.8 Å². The molecular formula is C11H16Cl2N2O2S2. The van der Waals surface area contributed by atoms with Crippen LogP contribution in [0.2, 0.25) is 8.67 Å². The maximum atomic E-state index is 12.7. The number of nitrogens with zero attached hydrogens (tertiary/aromatic N) is 1. The highest BCUT2D eigenvalue weighted by atomic mass is 35.5. The van der Waals surface area contributed by atoms with Crippen LogP contribution in [0.1, 0.15) is 19.8 Å². The number of thiophene rings is 1. The van der Waals surface area contributed by atoms with Gasteiger partial charge in [0.2, 0.25) is 10.0 Å². The molecule has 1 aromatic heterocycles. The van der Waals surface area contributed by atoms with Crippen molar-refractivity contribution in [2.45, 2.75) is 30.7 Å². The van der Waals surface area contributed by atoms with Crippen LogP contribution in [0.4, 0.5) is 0 Å². The van der Waals surface area contributed by atoms with Crippen LogP contribution in [0.5, 0.6) is 0 Å². The van der Waals surface area contributed by atoms with Gasteiger partial charge in [-0.2, -0.15) is 4.31 Å². The van der Waals surface area contributed by atoms with Crippen molar-refractivity contribution in [3.63, 3.8) is 0 Å². The summed E-state index contributed by atoms with van der Waals surface area (Å²) < 4.78 is 27.4. The molecule has 1 aliphatic heterocycles. The molecule has 0 radical (unpaired) electrons. The summed E-state index contributed by atoms with van der Waals surface area (Å²) in [6.45, 7) is 2.83. The summed E-state index contributed by atoms with van der Waals surface area (Å²) in [7, 11) is -3.62. The van der Waals surface area contributed by atoms with E-state index in [9.17, 15) is 8.42 Å². The first-order valence-electron chi connectivity index (χ1n) is 6.04. The Balaban J connectivity index is 2.40. The fourth-order valence-corrected chi connectivity index (χ4v) is 6.37. The summed E-state index contributed by atoms with van der Waals surface area (Å²) in [6.07, 6.45) is 1.83. The standard InChI is InChI=1S/C11H16Cl2N2O2S2/c1-7-3-2-4-15(8(7)6-14)19(16,17)9-5-10(12)18-11(9)13/h5,7-8H,2-4,6,14H2,1H3. The smallest absolute Gasteiger partial charge is 0.245 e. The molecule has 2 heterocycles. The Morgan fingerprint density at radius 2 is 2.21 bits per heavy atom. The Bertz CT molecular complexity index is 559. The normalized spacial score (nSPS) is 25.7. The molecule has 1 saturated heterocycles. The molecular weight excluding hydrogens is 327 g/mol. The van der Waals surface area contributed by atoms with Crippen LogP contribution in [0.3, 0.4) is 0 Å². The second kappa shape index (κ2) is 5.87. The molecule has 2 unspecified atom stereocenters. The van der Waals surface area contributed by atoms with Gasteiger partial charge < -0.3 is 5.73 Å². The monoisotopic (exact) mass is 342 g/mol. The molecule has 8 heteroatoms. The predicted octanol–water partition coefficient (Wildman–Crippen LogP) is 2.80. The predicted molar refractivity (Wildman–Crippen MR) is 79.5 cm³/mol. The van der Waals surface area contributed by atoms with Crippen molar-refractivity contribution in [2.24, 2.45) is 11.7 Å². The molecule has 4 nitrogen and oxygen atoms in total. The highest BCUT2D eigenvalue weighted by Crippen LogP contribution is 2.38. The Kier molecular flexibility index (Phi) is 4.80. The first-order chi connectivity index (χ1) is 8.87. The number of nitrogens with two attached hydrogens (primary N) is 1. The average molecular weight is 343 g/mol. The summed E-state index contributed by atoms with van der Waals surface area (Å²) in [5, 5.41) is 0. The van der Waals surface area contributed by atoms with Gasteiger partial charge in [-0.15, -0.1) is 11.3 Å². The van der Waals surface area contributed by atoms with Crippen LogP contribution in [-0.4, -0.2) is 31.9 Å². The van der Waals surface area contributed by atoms with Crippen molar-refractivity contribution >= 4 is 44.6 Å². The van der Waals surface area contributed by atoms with Crippen LogP contribution in [-0.2, 0) is 10.0 Å². The Morgan fingerprint density at radius 1 is 1.53 bits per heavy atom. The largest absolute Gasteiger partial charge is 0.329 e. The minimum Gasteiger partial charge on any atom is -0.329 e. The number of halogens is 2. The third-order valence-electron chi connectivity index (χ3n) is 3.52. The van der Waals surface area contributed by atoms with E-state index in [0.29, 0.717) is 17.4 Å². The minimum absolute atomic E-state index is 0.0942. The Labute approximate surface area is 127 Å². The summed E-state index contributed by atoms with van der Waals surface area (Å²) in [4.78, 5) is 0.0942. The van der Waals surface area contributed by atoms with Gasteiger partial charge in [0, 0.05) is 19.1 Å². The van der Waals surface area contributed by atoms with Crippen molar-refractivity contribution in [1.29, 1.82) is 0 Å². The van der Waals surface area contributed by atoms with Crippen LogP contribution >= 0.6 is 34.5 Å². The molecule has 0 spiro atoms. The maximum absolute atomic E-state index is 12.7. The van der Waals surface area contributed by atoms with Crippen molar-refractivity contribution in [2.75, 3.05) is 13.1 Å². The zero-order chi connectivity index (χ0) is 14.2. The van der Waals surface area contributed by atoms with Gasteiger partial charge in [0.05, 0.1) is 4.34 Å². The second-order valence-corrected chi connectivity index (χ2v) is 8.87. The molecule has 19 heavy (non-hydrogen) atoms. The molecule has 2 atom stereocenters. The van der Waals surface area contributed by atoms with E-state index < -0.39 is 10.0 Å². The van der Waals surface area contributed by atoms with E-state index in [1.54, 1.807) is 0 Å². The fourth-order valence-electron chi connectivity index (χ4n) is 2.49. The van der Waals surface area contributed by atoms with E-state index in [0.717, 1.165) is 24.2 Å². The molecule has 1 aromatic rings. The van der Waals surface area contributed by atoms with Crippen LogP contribution < -0.4 is 5.73 Å². The third-order valence-corrected chi connectivity index (χ3v) is 7.20. The van der Waals surface area contributed by atoms with E-state index in [1.165, 1.54) is 10.4 Å². The minimum atomic E-state index is -3.62. The van der Waals surface area contributed by atoms with Crippen LogP contribution in [0.25, 0.3) is 0 Å². The number of hydrogen-bond donors (Lipinski definition) is 1. The van der Waals surface area contributed by atoms with Gasteiger partial charge in [-0.3, -0.25) is 0 Å². The van der Waals surface area contributed by atoms with Gasteiger partial charge in [-0.25, -0.2) is 8.42 Å². The molecule has 2 rings (SSSR count). The topological polar surface area (TPSA) is 63.4 Å². The summed E-state index contributed by atoms with van der Waals surface area (Å²) in [6, 6.07) is 1.24. The maximum Gasteiger partial charge on any atom is 0.245 e. The first-order valence-corrected chi connectivity index (χ1v) is 9.06. The van der Waals surface area contributed by atoms with E-state index in [4.69, 9.17) is 28.9 Å². The quantitative estimate of drug-likeness (QED) is 0.918. The van der Waals surface area contributed by atoms with E-state index in [1.807, 2.05) is 6.92 Å². The lowest BCUT2D eigenvalue weighted by Gasteiger charge is -2.38. The van der Waals surface area contributed by atoms with Crippen molar-refractivity contribution in [3.05, 3.63) is 14.7 Å². The van der Waals surface area contributed by atoms with Gasteiger partial charge in [0.15, 0.2) is 0 Å². The van der Waals surface area contributed by atoms with Crippen molar-refractivity contribution in [1.82, 2.24) is 4.31 Å². The first kappa shape index (κ1) is 15.5. The second-order valence-electron chi connectivity index (χ2n) is 4.73. The number of sulfonamides is 1. The zero-order valence-corrected chi connectivity index (χ0v) is 13.6. The van der Waals surface area contributed by atoms with E-state index in [2.05, 4.69) is 0 Å². The molecule has 0 aromatic carbocycles. The number of hydrogen-bond acceptors (Lipinski definition) is 4. The molecule has 1 aliphatic rings. The molecule has 0 saturated carbocycles. The summed E-state index contributed by atoms with van der Waals surface area (Å²) >= 11 is 12.9. The summed E-state index contributed by atoms with van der Waals surface area (Å²) in [5.41, 5.74) is 5.74. The highest BCUT2D eigenvalue weighted by Gasteiger charge is 2.37. The van der Waals surface area contributed by atoms with Gasteiger partial charge in [-0.1, -0.05) is 30.1 Å². The average Bonchev–Trinajstić information content (AvgIpc) is 2.68.